The Labute approximate surface area is 96.9 Å². The molecule has 0 saturated heterocycles. The zero-order chi connectivity index (χ0) is 10.5. The number of fused-ring (bicyclic) bond motifs is 1. The Hall–Kier alpha value is -1.13. The molecular weight excluding hydrogens is 230 g/mol. The van der Waals surface area contributed by atoms with Crippen molar-refractivity contribution in [2.75, 3.05) is 0 Å². The minimum absolute atomic E-state index is 0.294. The molecule has 0 aliphatic carbocycles. The van der Waals surface area contributed by atoms with Gasteiger partial charge in [0.1, 0.15) is 0 Å². The molecule has 0 N–H and O–H groups in total. The van der Waals surface area contributed by atoms with Crippen molar-refractivity contribution in [2.24, 2.45) is 0 Å². The van der Waals surface area contributed by atoms with Crippen LogP contribution in [0.25, 0.3) is 0 Å². The first-order valence-electron chi connectivity index (χ1n) is 4.35. The van der Waals surface area contributed by atoms with Crippen molar-refractivity contribution in [3.05, 3.63) is 47.8 Å². The molecular formula is C10H8ClN3S. The fraction of sp³-hybridized carbons (Fsp3) is 0.100. The van der Waals surface area contributed by atoms with E-state index in [1.807, 2.05) is 24.0 Å². The summed E-state index contributed by atoms with van der Waals surface area (Å²) in [6, 6.07) is 5.80. The van der Waals surface area contributed by atoms with Crippen LogP contribution in [-0.2, 0) is 5.75 Å². The SMILES string of the molecule is Clc1ncccn1.c1cnc2c(c1)SC2. The Morgan fingerprint density at radius 3 is 2.13 bits per heavy atom. The first-order chi connectivity index (χ1) is 7.36. The first kappa shape index (κ1) is 10.4. The third-order valence-corrected chi connectivity index (χ3v) is 3.04. The number of hydrogen-bond acceptors (Lipinski definition) is 4. The second-order valence-corrected chi connectivity index (χ2v) is 4.11. The number of aromatic nitrogens is 3. The Morgan fingerprint density at radius 2 is 1.80 bits per heavy atom. The molecule has 0 bridgehead atoms. The third kappa shape index (κ3) is 2.91. The number of hydrogen-bond donors (Lipinski definition) is 0. The number of halogens is 1. The predicted octanol–water partition coefficient (Wildman–Crippen LogP) is 2.82. The zero-order valence-corrected chi connectivity index (χ0v) is 9.37. The van der Waals surface area contributed by atoms with Gasteiger partial charge in [0.05, 0.1) is 5.69 Å². The molecule has 0 saturated carbocycles. The van der Waals surface area contributed by atoms with Crippen LogP contribution in [0, 0.1) is 0 Å². The maximum atomic E-state index is 5.32. The van der Waals surface area contributed by atoms with Gasteiger partial charge in [-0.1, -0.05) is 0 Å². The van der Waals surface area contributed by atoms with Gasteiger partial charge in [-0.2, -0.15) is 0 Å². The highest BCUT2D eigenvalue weighted by Gasteiger charge is 2.12. The largest absolute Gasteiger partial charge is 0.259 e. The molecule has 0 fully saturated rings. The van der Waals surface area contributed by atoms with E-state index < -0.39 is 0 Å². The lowest BCUT2D eigenvalue weighted by Crippen LogP contribution is -1.97. The van der Waals surface area contributed by atoms with E-state index in [9.17, 15) is 0 Å². The van der Waals surface area contributed by atoms with Crippen molar-refractivity contribution in [1.29, 1.82) is 0 Å². The van der Waals surface area contributed by atoms with Crippen molar-refractivity contribution in [3.63, 3.8) is 0 Å². The lowest BCUT2D eigenvalue weighted by Gasteiger charge is -2.13. The highest BCUT2D eigenvalue weighted by molar-refractivity contribution is 7.99. The lowest BCUT2D eigenvalue weighted by atomic mass is 10.4. The molecule has 1 aliphatic rings. The summed E-state index contributed by atoms with van der Waals surface area (Å²) in [5, 5.41) is 0.294. The molecule has 2 aromatic heterocycles. The van der Waals surface area contributed by atoms with E-state index in [1.54, 1.807) is 18.5 Å². The number of pyridine rings is 1. The van der Waals surface area contributed by atoms with Gasteiger partial charge in [0.2, 0.25) is 5.28 Å². The molecule has 3 nitrogen and oxygen atoms in total. The molecule has 0 amide bonds. The predicted molar refractivity (Wildman–Crippen MR) is 60.8 cm³/mol. The quantitative estimate of drug-likeness (QED) is 0.661. The normalized spacial score (nSPS) is 11.8. The monoisotopic (exact) mass is 237 g/mol. The van der Waals surface area contributed by atoms with Gasteiger partial charge in [-0.05, 0) is 29.8 Å². The minimum Gasteiger partial charge on any atom is -0.259 e. The van der Waals surface area contributed by atoms with Gasteiger partial charge in [-0.25, -0.2) is 9.97 Å². The second kappa shape index (κ2) is 5.09. The molecule has 3 rings (SSSR count). The molecule has 0 aromatic carbocycles. The molecule has 1 aliphatic heterocycles. The van der Waals surface area contributed by atoms with Gasteiger partial charge < -0.3 is 0 Å². The number of rotatable bonds is 0. The van der Waals surface area contributed by atoms with E-state index in [2.05, 4.69) is 21.0 Å². The van der Waals surface area contributed by atoms with Crippen LogP contribution in [0.15, 0.2) is 41.7 Å². The van der Waals surface area contributed by atoms with Crippen LogP contribution >= 0.6 is 23.4 Å². The van der Waals surface area contributed by atoms with Crippen LogP contribution in [0.5, 0.6) is 0 Å². The third-order valence-electron chi connectivity index (χ3n) is 1.75. The smallest absolute Gasteiger partial charge is 0.222 e. The molecule has 0 radical (unpaired) electrons. The summed E-state index contributed by atoms with van der Waals surface area (Å²) in [6.07, 6.45) is 5.03. The first-order valence-corrected chi connectivity index (χ1v) is 5.72. The van der Waals surface area contributed by atoms with Gasteiger partial charge in [0.15, 0.2) is 0 Å². The molecule has 0 spiro atoms. The van der Waals surface area contributed by atoms with Crippen LogP contribution in [0.1, 0.15) is 5.69 Å². The molecule has 0 unspecified atom stereocenters. The van der Waals surface area contributed by atoms with Gasteiger partial charge in [0, 0.05) is 29.2 Å². The minimum atomic E-state index is 0.294. The maximum Gasteiger partial charge on any atom is 0.222 e. The summed E-state index contributed by atoms with van der Waals surface area (Å²) in [7, 11) is 0. The van der Waals surface area contributed by atoms with E-state index >= 15 is 0 Å². The molecule has 0 atom stereocenters. The molecule has 5 heteroatoms. The summed E-state index contributed by atoms with van der Waals surface area (Å²) >= 11 is 7.19. The average Bonchev–Trinajstić information content (AvgIpc) is 2.22. The highest BCUT2D eigenvalue weighted by atomic mass is 35.5. The van der Waals surface area contributed by atoms with Crippen molar-refractivity contribution >= 4 is 23.4 Å². The fourth-order valence-corrected chi connectivity index (χ4v) is 1.86. The Balaban J connectivity index is 0.000000115. The van der Waals surface area contributed by atoms with E-state index in [0.29, 0.717) is 5.28 Å². The van der Waals surface area contributed by atoms with Crippen molar-refractivity contribution in [2.45, 2.75) is 10.6 Å². The van der Waals surface area contributed by atoms with Gasteiger partial charge >= 0.3 is 0 Å². The van der Waals surface area contributed by atoms with E-state index in [-0.39, 0.29) is 0 Å². The van der Waals surface area contributed by atoms with Crippen molar-refractivity contribution in [3.8, 4) is 0 Å². The number of nitrogens with zero attached hydrogens (tertiary/aromatic N) is 3. The van der Waals surface area contributed by atoms with Crippen molar-refractivity contribution < 1.29 is 0 Å². The maximum absolute atomic E-state index is 5.32. The van der Waals surface area contributed by atoms with Crippen LogP contribution in [0.3, 0.4) is 0 Å². The van der Waals surface area contributed by atoms with Crippen LogP contribution < -0.4 is 0 Å². The standard InChI is InChI=1S/C6H5NS.C4H3ClN2/c1-2-6-5(4-8-6)7-3-1;5-4-6-2-1-3-7-4/h1-3H,4H2;1-3H. The number of thioether (sulfide) groups is 1. The summed E-state index contributed by atoms with van der Waals surface area (Å²) in [6.45, 7) is 0. The Kier molecular flexibility index (Phi) is 3.53. The fourth-order valence-electron chi connectivity index (χ4n) is 1.01. The van der Waals surface area contributed by atoms with E-state index in [4.69, 9.17) is 11.6 Å². The average molecular weight is 238 g/mol. The van der Waals surface area contributed by atoms with Crippen LogP contribution in [0.4, 0.5) is 0 Å². The summed E-state index contributed by atoms with van der Waals surface area (Å²) in [5.74, 6) is 1.11. The van der Waals surface area contributed by atoms with E-state index in [1.165, 1.54) is 10.6 Å². The lowest BCUT2D eigenvalue weighted by molar-refractivity contribution is 1.05. The second-order valence-electron chi connectivity index (χ2n) is 2.75. The molecule has 76 valence electrons. The van der Waals surface area contributed by atoms with Crippen LogP contribution in [-0.4, -0.2) is 15.0 Å². The van der Waals surface area contributed by atoms with E-state index in [0.717, 1.165) is 5.75 Å². The van der Waals surface area contributed by atoms with Gasteiger partial charge in [-0.3, -0.25) is 4.98 Å². The molecule has 2 aromatic rings. The zero-order valence-electron chi connectivity index (χ0n) is 7.80. The molecule has 15 heavy (non-hydrogen) atoms. The Bertz CT molecular complexity index is 413. The Morgan fingerprint density at radius 1 is 1.07 bits per heavy atom. The highest BCUT2D eigenvalue weighted by Crippen LogP contribution is 2.34. The van der Waals surface area contributed by atoms with Gasteiger partial charge in [-0.15, -0.1) is 11.8 Å². The molecule has 3 heterocycles. The summed E-state index contributed by atoms with van der Waals surface area (Å²) in [5.41, 5.74) is 1.26. The van der Waals surface area contributed by atoms with Crippen LogP contribution in [0.2, 0.25) is 5.28 Å². The van der Waals surface area contributed by atoms with Crippen molar-refractivity contribution in [1.82, 2.24) is 15.0 Å². The topological polar surface area (TPSA) is 38.7 Å². The summed E-state index contributed by atoms with van der Waals surface area (Å²) in [4.78, 5) is 12.8. The van der Waals surface area contributed by atoms with Gasteiger partial charge in [0.25, 0.3) is 0 Å². The summed E-state index contributed by atoms with van der Waals surface area (Å²) < 4.78 is 0.